The lowest BCUT2D eigenvalue weighted by Crippen LogP contribution is -2.13. The highest BCUT2D eigenvalue weighted by atomic mass is 32.2. The Labute approximate surface area is 169 Å². The normalized spacial score (nSPS) is 11.2. The Bertz CT molecular complexity index is 1130. The fourth-order valence-electron chi connectivity index (χ4n) is 2.58. The van der Waals surface area contributed by atoms with Crippen LogP contribution in [0, 0.1) is 0 Å². The van der Waals surface area contributed by atoms with E-state index in [0.717, 1.165) is 0 Å². The summed E-state index contributed by atoms with van der Waals surface area (Å²) in [4.78, 5) is 12.5. The number of sulfonamides is 1. The molecule has 29 heavy (non-hydrogen) atoms. The predicted octanol–water partition coefficient (Wildman–Crippen LogP) is 4.30. The average Bonchev–Trinajstić information content (AvgIpc) is 2.75. The lowest BCUT2D eigenvalue weighted by Gasteiger charge is -2.12. The highest BCUT2D eigenvalue weighted by Gasteiger charge is 2.15. The predicted molar refractivity (Wildman–Crippen MR) is 114 cm³/mol. The van der Waals surface area contributed by atoms with E-state index in [9.17, 15) is 13.2 Å². The van der Waals surface area contributed by atoms with Crippen molar-refractivity contribution in [2.45, 2.75) is 4.90 Å². The zero-order chi connectivity index (χ0) is 20.7. The molecule has 0 radical (unpaired) electrons. The first-order valence-corrected chi connectivity index (χ1v) is 10.3. The molecule has 0 aliphatic heterocycles. The Morgan fingerprint density at radius 1 is 0.897 bits per heavy atom. The number of carbonyl (C=O) groups excluding carboxylic acids is 1. The highest BCUT2D eigenvalue weighted by molar-refractivity contribution is 7.92. The van der Waals surface area contributed by atoms with Crippen molar-refractivity contribution in [3.63, 3.8) is 0 Å². The Morgan fingerprint density at radius 3 is 2.31 bits per heavy atom. The number of methoxy groups -OCH3 is 1. The van der Waals surface area contributed by atoms with Crippen LogP contribution < -0.4 is 14.8 Å². The number of ether oxygens (including phenoxy) is 1. The molecule has 6 nitrogen and oxygen atoms in total. The van der Waals surface area contributed by atoms with E-state index in [4.69, 9.17) is 4.74 Å². The maximum Gasteiger partial charge on any atom is 0.261 e. The second-order valence-corrected chi connectivity index (χ2v) is 7.72. The Balaban J connectivity index is 1.74. The Morgan fingerprint density at radius 2 is 1.59 bits per heavy atom. The van der Waals surface area contributed by atoms with Crippen molar-refractivity contribution in [3.05, 3.63) is 96.7 Å². The van der Waals surface area contributed by atoms with Crippen LogP contribution in [0.2, 0.25) is 0 Å². The van der Waals surface area contributed by atoms with Crippen molar-refractivity contribution in [3.8, 4) is 5.75 Å². The second-order valence-electron chi connectivity index (χ2n) is 6.04. The minimum atomic E-state index is -3.72. The van der Waals surface area contributed by atoms with Gasteiger partial charge in [-0.1, -0.05) is 42.5 Å². The monoisotopic (exact) mass is 408 g/mol. The zero-order valence-electron chi connectivity index (χ0n) is 15.7. The van der Waals surface area contributed by atoms with Gasteiger partial charge in [0.15, 0.2) is 5.78 Å². The van der Waals surface area contributed by atoms with Crippen LogP contribution in [0.15, 0.2) is 96.0 Å². The second kappa shape index (κ2) is 9.07. The van der Waals surface area contributed by atoms with Gasteiger partial charge in [0, 0.05) is 17.8 Å². The molecule has 0 amide bonds. The van der Waals surface area contributed by atoms with E-state index in [0.29, 0.717) is 22.7 Å². The van der Waals surface area contributed by atoms with Gasteiger partial charge < -0.3 is 10.1 Å². The van der Waals surface area contributed by atoms with Crippen LogP contribution in [-0.4, -0.2) is 21.3 Å². The molecule has 3 aromatic rings. The van der Waals surface area contributed by atoms with E-state index < -0.39 is 10.0 Å². The molecular weight excluding hydrogens is 388 g/mol. The number of anilines is 2. The number of hydrogen-bond acceptors (Lipinski definition) is 5. The van der Waals surface area contributed by atoms with Crippen LogP contribution in [0.3, 0.4) is 0 Å². The van der Waals surface area contributed by atoms with E-state index in [2.05, 4.69) is 10.0 Å². The lowest BCUT2D eigenvalue weighted by atomic mass is 10.1. The molecule has 0 fully saturated rings. The molecule has 2 N–H and O–H groups in total. The molecule has 3 rings (SSSR count). The first-order chi connectivity index (χ1) is 14.0. The summed E-state index contributed by atoms with van der Waals surface area (Å²) in [6.07, 6.45) is 2.84. The molecule has 0 saturated carbocycles. The van der Waals surface area contributed by atoms with Crippen molar-refractivity contribution in [2.75, 3.05) is 17.1 Å². The first-order valence-electron chi connectivity index (χ1n) is 8.78. The number of rotatable bonds is 8. The van der Waals surface area contributed by atoms with Gasteiger partial charge in [0.1, 0.15) is 5.75 Å². The van der Waals surface area contributed by atoms with Crippen molar-refractivity contribution >= 4 is 27.2 Å². The van der Waals surface area contributed by atoms with Gasteiger partial charge in [-0.2, -0.15) is 0 Å². The van der Waals surface area contributed by atoms with Crippen LogP contribution in [0.4, 0.5) is 11.4 Å². The molecule has 0 bridgehead atoms. The number of benzene rings is 3. The quantitative estimate of drug-likeness (QED) is 0.429. The fraction of sp³-hybridized carbons (Fsp3) is 0.0455. The number of hydrogen-bond donors (Lipinski definition) is 2. The topological polar surface area (TPSA) is 84.5 Å². The molecule has 148 valence electrons. The van der Waals surface area contributed by atoms with Crippen LogP contribution in [0.5, 0.6) is 5.75 Å². The third-order valence-electron chi connectivity index (χ3n) is 4.05. The van der Waals surface area contributed by atoms with Crippen molar-refractivity contribution < 1.29 is 17.9 Å². The van der Waals surface area contributed by atoms with E-state index in [1.807, 2.05) is 0 Å². The van der Waals surface area contributed by atoms with Crippen molar-refractivity contribution in [2.24, 2.45) is 0 Å². The average molecular weight is 408 g/mol. The van der Waals surface area contributed by atoms with Crippen LogP contribution in [0.25, 0.3) is 0 Å². The fourth-order valence-corrected chi connectivity index (χ4v) is 3.68. The first kappa shape index (κ1) is 20.2. The van der Waals surface area contributed by atoms with Gasteiger partial charge >= 0.3 is 0 Å². The maximum atomic E-state index is 12.6. The molecule has 0 heterocycles. The molecule has 7 heteroatoms. The van der Waals surface area contributed by atoms with Crippen LogP contribution in [0.1, 0.15) is 10.4 Å². The number of allylic oxidation sites excluding steroid dienone is 1. The number of carbonyl (C=O) groups is 1. The molecule has 3 aromatic carbocycles. The van der Waals surface area contributed by atoms with Gasteiger partial charge in [0.2, 0.25) is 0 Å². The van der Waals surface area contributed by atoms with Gasteiger partial charge in [0.05, 0.1) is 23.4 Å². The Kier molecular flexibility index (Phi) is 6.31. The molecule has 0 aliphatic carbocycles. The third-order valence-corrected chi connectivity index (χ3v) is 5.43. The van der Waals surface area contributed by atoms with E-state index in [1.165, 1.54) is 31.5 Å². The summed E-state index contributed by atoms with van der Waals surface area (Å²) >= 11 is 0. The summed E-state index contributed by atoms with van der Waals surface area (Å²) in [7, 11) is -2.19. The zero-order valence-corrected chi connectivity index (χ0v) is 16.5. The Hall–Kier alpha value is -3.58. The SMILES string of the molecule is COc1cccc(C(=O)/C=C/Nc2ccccc2NS(=O)(=O)c2ccccc2)c1. The molecule has 0 saturated heterocycles. The van der Waals surface area contributed by atoms with Crippen molar-refractivity contribution in [1.82, 2.24) is 0 Å². The molecule has 0 atom stereocenters. The third kappa shape index (κ3) is 5.24. The molecule has 0 aliphatic rings. The molecule has 0 aromatic heterocycles. The number of para-hydroxylation sites is 2. The van der Waals surface area contributed by atoms with Gasteiger partial charge in [0.25, 0.3) is 10.0 Å². The van der Waals surface area contributed by atoms with Crippen LogP contribution in [-0.2, 0) is 10.0 Å². The summed E-state index contributed by atoms with van der Waals surface area (Å²) in [6.45, 7) is 0. The lowest BCUT2D eigenvalue weighted by molar-refractivity contribution is 0.104. The van der Waals surface area contributed by atoms with E-state index in [1.54, 1.807) is 66.7 Å². The maximum absolute atomic E-state index is 12.6. The summed E-state index contributed by atoms with van der Waals surface area (Å²) in [5.41, 5.74) is 1.37. The molecular formula is C22H20N2O4S. The number of nitrogens with one attached hydrogen (secondary N) is 2. The molecule has 0 spiro atoms. The van der Waals surface area contributed by atoms with Crippen LogP contribution >= 0.6 is 0 Å². The largest absolute Gasteiger partial charge is 0.497 e. The standard InChI is InChI=1S/C22H20N2O4S/c1-28-18-9-7-8-17(16-18)22(25)14-15-23-20-12-5-6-13-21(20)24-29(26,27)19-10-3-2-4-11-19/h2-16,23-24H,1H3/b15-14+. The van der Waals surface area contributed by atoms with E-state index in [-0.39, 0.29) is 10.7 Å². The van der Waals surface area contributed by atoms with Gasteiger partial charge in [-0.25, -0.2) is 8.42 Å². The van der Waals surface area contributed by atoms with Gasteiger partial charge in [-0.15, -0.1) is 0 Å². The summed E-state index contributed by atoms with van der Waals surface area (Å²) in [6, 6.07) is 21.8. The minimum Gasteiger partial charge on any atom is -0.497 e. The minimum absolute atomic E-state index is 0.165. The van der Waals surface area contributed by atoms with Gasteiger partial charge in [-0.05, 0) is 36.4 Å². The van der Waals surface area contributed by atoms with E-state index >= 15 is 0 Å². The number of ketones is 1. The summed E-state index contributed by atoms with van der Waals surface area (Å²) < 4.78 is 32.8. The summed E-state index contributed by atoms with van der Waals surface area (Å²) in [5.74, 6) is 0.386. The smallest absolute Gasteiger partial charge is 0.261 e. The van der Waals surface area contributed by atoms with Crippen molar-refractivity contribution in [1.29, 1.82) is 0 Å². The van der Waals surface area contributed by atoms with Gasteiger partial charge in [-0.3, -0.25) is 9.52 Å². The molecule has 0 unspecified atom stereocenters. The highest BCUT2D eigenvalue weighted by Crippen LogP contribution is 2.24. The summed E-state index contributed by atoms with van der Waals surface area (Å²) in [5, 5.41) is 2.96.